The predicted molar refractivity (Wildman–Crippen MR) is 104 cm³/mol. The highest BCUT2D eigenvalue weighted by Gasteiger charge is 2.38. The summed E-state index contributed by atoms with van der Waals surface area (Å²) in [5.74, 6) is 0. The van der Waals surface area contributed by atoms with Gasteiger partial charge in [0.25, 0.3) is 0 Å². The van der Waals surface area contributed by atoms with Gasteiger partial charge in [-0.05, 0) is 29.5 Å². The Hall–Kier alpha value is -2.42. The van der Waals surface area contributed by atoms with E-state index in [2.05, 4.69) is 72.8 Å². The average molecular weight is 344 g/mol. The molecule has 1 saturated heterocycles. The normalized spacial score (nSPS) is 17.3. The van der Waals surface area contributed by atoms with Gasteiger partial charge >= 0.3 is 0 Å². The minimum atomic E-state index is -0.643. The van der Waals surface area contributed by atoms with Gasteiger partial charge in [-0.2, -0.15) is 0 Å². The first-order chi connectivity index (χ1) is 12.9. The molecule has 0 spiro atoms. The maximum atomic E-state index is 6.75. The van der Waals surface area contributed by atoms with Gasteiger partial charge in [-0.15, -0.1) is 0 Å². The number of hydrogen-bond acceptors (Lipinski definition) is 2. The van der Waals surface area contributed by atoms with Gasteiger partial charge in [0, 0.05) is 6.61 Å². The fourth-order valence-electron chi connectivity index (χ4n) is 3.76. The summed E-state index contributed by atoms with van der Waals surface area (Å²) in [5.41, 5.74) is 2.76. The fraction of sp³-hybridized carbons (Fsp3) is 0.250. The molecule has 1 fully saturated rings. The van der Waals surface area contributed by atoms with Gasteiger partial charge in [-0.25, -0.2) is 0 Å². The van der Waals surface area contributed by atoms with Gasteiger partial charge in [0.1, 0.15) is 5.60 Å². The van der Waals surface area contributed by atoms with Crippen molar-refractivity contribution in [2.24, 2.45) is 0 Å². The van der Waals surface area contributed by atoms with Crippen molar-refractivity contribution in [1.29, 1.82) is 0 Å². The molecule has 1 atom stereocenters. The van der Waals surface area contributed by atoms with E-state index in [1.807, 2.05) is 18.2 Å². The summed E-state index contributed by atoms with van der Waals surface area (Å²) in [5, 5.41) is 0. The third-order valence-electron chi connectivity index (χ3n) is 5.05. The Morgan fingerprint density at radius 1 is 0.731 bits per heavy atom. The van der Waals surface area contributed by atoms with Crippen molar-refractivity contribution in [3.05, 3.63) is 108 Å². The molecule has 0 radical (unpaired) electrons. The molecule has 26 heavy (non-hydrogen) atoms. The van der Waals surface area contributed by atoms with Crippen LogP contribution in [0.4, 0.5) is 0 Å². The molecule has 1 aliphatic heterocycles. The lowest BCUT2D eigenvalue weighted by molar-refractivity contribution is -0.0456. The number of benzene rings is 3. The maximum absolute atomic E-state index is 6.75. The molecular formula is C24H24O2. The first-order valence-corrected chi connectivity index (χ1v) is 9.32. The van der Waals surface area contributed by atoms with Crippen molar-refractivity contribution < 1.29 is 9.47 Å². The SMILES string of the molecule is c1ccc(C(OC[C@H]2CCCO2)(c2ccccc2)c2ccccc2)cc1. The monoisotopic (exact) mass is 344 g/mol. The Labute approximate surface area is 155 Å². The maximum Gasteiger partial charge on any atom is 0.143 e. The van der Waals surface area contributed by atoms with Crippen LogP contribution >= 0.6 is 0 Å². The van der Waals surface area contributed by atoms with Crippen LogP contribution in [0.1, 0.15) is 29.5 Å². The molecule has 4 rings (SSSR count). The van der Waals surface area contributed by atoms with E-state index in [9.17, 15) is 0 Å². The summed E-state index contributed by atoms with van der Waals surface area (Å²) >= 11 is 0. The van der Waals surface area contributed by atoms with Crippen LogP contribution in [-0.2, 0) is 15.1 Å². The Morgan fingerprint density at radius 2 is 1.19 bits per heavy atom. The van der Waals surface area contributed by atoms with E-state index in [1.165, 1.54) is 0 Å². The van der Waals surface area contributed by atoms with Gasteiger partial charge in [0.05, 0.1) is 12.7 Å². The molecule has 2 heteroatoms. The van der Waals surface area contributed by atoms with Crippen molar-refractivity contribution >= 4 is 0 Å². The van der Waals surface area contributed by atoms with Crippen molar-refractivity contribution in [3.63, 3.8) is 0 Å². The summed E-state index contributed by atoms with van der Waals surface area (Å²) in [4.78, 5) is 0. The second-order valence-corrected chi connectivity index (χ2v) is 6.73. The van der Waals surface area contributed by atoms with Crippen molar-refractivity contribution in [3.8, 4) is 0 Å². The molecule has 0 bridgehead atoms. The van der Waals surface area contributed by atoms with Crippen LogP contribution in [-0.4, -0.2) is 19.3 Å². The van der Waals surface area contributed by atoms with Crippen LogP contribution in [0.2, 0.25) is 0 Å². The molecular weight excluding hydrogens is 320 g/mol. The molecule has 1 heterocycles. The Morgan fingerprint density at radius 3 is 1.58 bits per heavy atom. The molecule has 2 nitrogen and oxygen atoms in total. The van der Waals surface area contributed by atoms with E-state index in [0.717, 1.165) is 36.1 Å². The zero-order valence-corrected chi connectivity index (χ0v) is 14.9. The number of rotatable bonds is 6. The van der Waals surface area contributed by atoms with E-state index in [-0.39, 0.29) is 6.10 Å². The van der Waals surface area contributed by atoms with Crippen LogP contribution in [0.3, 0.4) is 0 Å². The van der Waals surface area contributed by atoms with E-state index in [0.29, 0.717) is 6.61 Å². The van der Waals surface area contributed by atoms with Gasteiger partial charge in [-0.3, -0.25) is 0 Å². The summed E-state index contributed by atoms with van der Waals surface area (Å²) < 4.78 is 12.6. The van der Waals surface area contributed by atoms with Gasteiger partial charge in [-0.1, -0.05) is 91.0 Å². The van der Waals surface area contributed by atoms with E-state index < -0.39 is 5.60 Å². The minimum absolute atomic E-state index is 0.172. The van der Waals surface area contributed by atoms with Crippen LogP contribution in [0.25, 0.3) is 0 Å². The highest BCUT2D eigenvalue weighted by atomic mass is 16.5. The van der Waals surface area contributed by atoms with Crippen molar-refractivity contribution in [2.45, 2.75) is 24.5 Å². The molecule has 1 aliphatic rings. The summed E-state index contributed by atoms with van der Waals surface area (Å²) in [6, 6.07) is 31.5. The summed E-state index contributed by atoms with van der Waals surface area (Å²) in [6.45, 7) is 1.42. The topological polar surface area (TPSA) is 18.5 Å². The van der Waals surface area contributed by atoms with Crippen LogP contribution in [0, 0.1) is 0 Å². The van der Waals surface area contributed by atoms with E-state index >= 15 is 0 Å². The predicted octanol–water partition coefficient (Wildman–Crippen LogP) is 5.17. The van der Waals surface area contributed by atoms with Gasteiger partial charge in [0.2, 0.25) is 0 Å². The van der Waals surface area contributed by atoms with Crippen LogP contribution in [0.5, 0.6) is 0 Å². The highest BCUT2D eigenvalue weighted by Crippen LogP contribution is 2.40. The van der Waals surface area contributed by atoms with Crippen LogP contribution in [0.15, 0.2) is 91.0 Å². The highest BCUT2D eigenvalue weighted by molar-refractivity contribution is 5.47. The molecule has 0 unspecified atom stereocenters. The number of ether oxygens (including phenoxy) is 2. The zero-order chi connectivity index (χ0) is 17.7. The second-order valence-electron chi connectivity index (χ2n) is 6.73. The first kappa shape index (κ1) is 17.0. The first-order valence-electron chi connectivity index (χ1n) is 9.32. The molecule has 3 aromatic carbocycles. The Balaban J connectivity index is 1.84. The standard InChI is InChI=1S/C24H24O2/c1-4-11-20(12-5-1)24(21-13-6-2-7-14-21,22-15-8-3-9-16-22)26-19-23-17-10-18-25-23/h1-9,11-16,23H,10,17-19H2/t23-/m1/s1. The molecule has 0 amide bonds. The largest absolute Gasteiger partial charge is 0.376 e. The molecule has 0 saturated carbocycles. The van der Waals surface area contributed by atoms with Gasteiger partial charge < -0.3 is 9.47 Å². The summed E-state index contributed by atoms with van der Waals surface area (Å²) in [6.07, 6.45) is 2.35. The Kier molecular flexibility index (Phi) is 5.14. The third kappa shape index (κ3) is 3.31. The molecule has 3 aromatic rings. The molecule has 132 valence electrons. The zero-order valence-electron chi connectivity index (χ0n) is 14.9. The van der Waals surface area contributed by atoms with Crippen molar-refractivity contribution in [2.75, 3.05) is 13.2 Å². The number of hydrogen-bond donors (Lipinski definition) is 0. The molecule has 0 N–H and O–H groups in total. The van der Waals surface area contributed by atoms with Crippen LogP contribution < -0.4 is 0 Å². The molecule has 0 aromatic heterocycles. The smallest absolute Gasteiger partial charge is 0.143 e. The lowest BCUT2D eigenvalue weighted by atomic mass is 9.80. The Bertz CT molecular complexity index is 697. The average Bonchev–Trinajstić information content (AvgIpc) is 3.25. The lowest BCUT2D eigenvalue weighted by Crippen LogP contribution is -2.35. The third-order valence-corrected chi connectivity index (χ3v) is 5.05. The minimum Gasteiger partial charge on any atom is -0.376 e. The quantitative estimate of drug-likeness (QED) is 0.574. The van der Waals surface area contributed by atoms with E-state index in [4.69, 9.17) is 9.47 Å². The fourth-order valence-corrected chi connectivity index (χ4v) is 3.76. The van der Waals surface area contributed by atoms with E-state index in [1.54, 1.807) is 0 Å². The van der Waals surface area contributed by atoms with Gasteiger partial charge in [0.15, 0.2) is 0 Å². The lowest BCUT2D eigenvalue weighted by Gasteiger charge is -2.36. The van der Waals surface area contributed by atoms with Crippen molar-refractivity contribution in [1.82, 2.24) is 0 Å². The summed E-state index contributed by atoms with van der Waals surface area (Å²) in [7, 11) is 0. The second kappa shape index (κ2) is 7.86. The molecule has 0 aliphatic carbocycles.